The second kappa shape index (κ2) is 10.9. The third-order valence-corrected chi connectivity index (χ3v) is 5.99. The van der Waals surface area contributed by atoms with Crippen LogP contribution in [0, 0.1) is 23.0 Å². The molecule has 1 heterocycles. The molecule has 6 nitrogen and oxygen atoms in total. The zero-order valence-corrected chi connectivity index (χ0v) is 19.0. The summed E-state index contributed by atoms with van der Waals surface area (Å²) in [5, 5.41) is 12.1. The van der Waals surface area contributed by atoms with E-state index in [0.29, 0.717) is 38.3 Å². The summed E-state index contributed by atoms with van der Waals surface area (Å²) < 4.78 is 27.1. The van der Waals surface area contributed by atoms with E-state index in [1.807, 2.05) is 35.2 Å². The van der Waals surface area contributed by atoms with Crippen LogP contribution in [0.5, 0.6) is 0 Å². The summed E-state index contributed by atoms with van der Waals surface area (Å²) in [5.74, 6) is -2.25. The minimum Gasteiger partial charge on any atom is -0.350 e. The molecule has 3 aromatic carbocycles. The molecule has 0 aliphatic carbocycles. The zero-order chi connectivity index (χ0) is 24.8. The number of halogens is 2. The van der Waals surface area contributed by atoms with Crippen molar-refractivity contribution in [1.82, 2.24) is 15.1 Å². The average molecular weight is 475 g/mol. The Morgan fingerprint density at radius 1 is 0.914 bits per heavy atom. The van der Waals surface area contributed by atoms with Crippen LogP contribution in [0.2, 0.25) is 0 Å². The number of rotatable bonds is 6. The molecule has 178 valence electrons. The molecule has 1 aliphatic rings. The van der Waals surface area contributed by atoms with Gasteiger partial charge in [-0.1, -0.05) is 42.5 Å². The van der Waals surface area contributed by atoms with E-state index in [2.05, 4.69) is 11.4 Å². The van der Waals surface area contributed by atoms with Gasteiger partial charge < -0.3 is 10.2 Å². The number of benzene rings is 3. The van der Waals surface area contributed by atoms with Crippen molar-refractivity contribution in [2.45, 2.75) is 12.6 Å². The first kappa shape index (κ1) is 24.0. The molecule has 0 unspecified atom stereocenters. The van der Waals surface area contributed by atoms with E-state index < -0.39 is 23.6 Å². The smallest absolute Gasteiger partial charge is 0.254 e. The maximum atomic E-state index is 13.6. The van der Waals surface area contributed by atoms with Gasteiger partial charge in [0.05, 0.1) is 11.6 Å². The number of nitrogens with one attached hydrogen (secondary N) is 1. The summed E-state index contributed by atoms with van der Waals surface area (Å²) in [6.45, 7) is 1.77. The minimum atomic E-state index is -0.803. The number of nitriles is 1. The van der Waals surface area contributed by atoms with Crippen molar-refractivity contribution in [3.63, 3.8) is 0 Å². The fraction of sp³-hybridized carbons (Fsp3) is 0.222. The lowest BCUT2D eigenvalue weighted by molar-refractivity contribution is -0.127. The molecule has 0 spiro atoms. The maximum absolute atomic E-state index is 13.6. The van der Waals surface area contributed by atoms with Gasteiger partial charge in [-0.05, 0) is 35.4 Å². The molecule has 1 saturated heterocycles. The van der Waals surface area contributed by atoms with Crippen molar-refractivity contribution >= 4 is 11.8 Å². The van der Waals surface area contributed by atoms with Gasteiger partial charge in [0.25, 0.3) is 5.91 Å². The van der Waals surface area contributed by atoms with E-state index in [1.165, 1.54) is 4.90 Å². The quantitative estimate of drug-likeness (QED) is 0.592. The van der Waals surface area contributed by atoms with Crippen molar-refractivity contribution in [3.05, 3.63) is 107 Å². The molecule has 35 heavy (non-hydrogen) atoms. The minimum absolute atomic E-state index is 0.0415. The van der Waals surface area contributed by atoms with Crippen molar-refractivity contribution in [2.24, 2.45) is 0 Å². The predicted molar refractivity (Wildman–Crippen MR) is 126 cm³/mol. The zero-order valence-electron chi connectivity index (χ0n) is 19.0. The molecule has 1 N–H and O–H groups in total. The van der Waals surface area contributed by atoms with Gasteiger partial charge in [-0.15, -0.1) is 0 Å². The SMILES string of the molecule is N#Cc1ccc([C@H](C(=O)NCc2ccccc2)N2CCN(C(=O)c3cc(F)cc(F)c3)CC2)cc1. The molecule has 2 amide bonds. The van der Waals surface area contributed by atoms with Gasteiger partial charge in [-0.2, -0.15) is 5.26 Å². The summed E-state index contributed by atoms with van der Waals surface area (Å²) in [4.78, 5) is 29.6. The van der Waals surface area contributed by atoms with E-state index in [-0.39, 0.29) is 11.5 Å². The second-order valence-corrected chi connectivity index (χ2v) is 8.33. The molecule has 0 bridgehead atoms. The number of carbonyl (C=O) groups excluding carboxylic acids is 2. The molecule has 8 heteroatoms. The number of piperazine rings is 1. The third kappa shape index (κ3) is 5.89. The highest BCUT2D eigenvalue weighted by molar-refractivity contribution is 5.94. The van der Waals surface area contributed by atoms with Gasteiger partial charge >= 0.3 is 0 Å². The molecule has 0 radical (unpaired) electrons. The summed E-state index contributed by atoms with van der Waals surface area (Å²) in [7, 11) is 0. The van der Waals surface area contributed by atoms with Crippen LogP contribution < -0.4 is 5.32 Å². The number of hydrogen-bond donors (Lipinski definition) is 1. The van der Waals surface area contributed by atoms with E-state index >= 15 is 0 Å². The summed E-state index contributed by atoms with van der Waals surface area (Å²) >= 11 is 0. The Morgan fingerprint density at radius 3 is 2.14 bits per heavy atom. The van der Waals surface area contributed by atoms with Crippen LogP contribution in [-0.2, 0) is 11.3 Å². The molecule has 1 atom stereocenters. The first-order valence-electron chi connectivity index (χ1n) is 11.3. The highest BCUT2D eigenvalue weighted by Crippen LogP contribution is 2.24. The Kier molecular flexibility index (Phi) is 7.48. The Hall–Kier alpha value is -4.09. The lowest BCUT2D eigenvalue weighted by Crippen LogP contribution is -2.52. The predicted octanol–water partition coefficient (Wildman–Crippen LogP) is 3.65. The normalized spacial score (nSPS) is 14.7. The van der Waals surface area contributed by atoms with E-state index in [9.17, 15) is 18.4 Å². The van der Waals surface area contributed by atoms with Crippen LogP contribution in [0.3, 0.4) is 0 Å². The Labute approximate surface area is 202 Å². The van der Waals surface area contributed by atoms with Crippen LogP contribution in [0.1, 0.15) is 33.1 Å². The fourth-order valence-corrected chi connectivity index (χ4v) is 4.19. The van der Waals surface area contributed by atoms with Gasteiger partial charge in [0.2, 0.25) is 5.91 Å². The Balaban J connectivity index is 1.48. The van der Waals surface area contributed by atoms with Crippen molar-refractivity contribution in [1.29, 1.82) is 5.26 Å². The average Bonchev–Trinajstić information content (AvgIpc) is 2.88. The topological polar surface area (TPSA) is 76.4 Å². The number of carbonyl (C=O) groups is 2. The van der Waals surface area contributed by atoms with E-state index in [0.717, 1.165) is 29.3 Å². The summed E-state index contributed by atoms with van der Waals surface area (Å²) in [6.07, 6.45) is 0. The molecule has 1 aliphatic heterocycles. The Morgan fingerprint density at radius 2 is 1.54 bits per heavy atom. The van der Waals surface area contributed by atoms with E-state index in [4.69, 9.17) is 5.26 Å². The Bertz CT molecular complexity index is 1210. The van der Waals surface area contributed by atoms with Gasteiger partial charge in [0, 0.05) is 44.4 Å². The first-order valence-corrected chi connectivity index (χ1v) is 11.3. The fourth-order valence-electron chi connectivity index (χ4n) is 4.19. The van der Waals surface area contributed by atoms with Gasteiger partial charge in [0.1, 0.15) is 17.7 Å². The van der Waals surface area contributed by atoms with E-state index in [1.54, 1.807) is 24.3 Å². The number of amides is 2. The molecular weight excluding hydrogens is 450 g/mol. The van der Waals surface area contributed by atoms with Crippen LogP contribution in [0.4, 0.5) is 8.78 Å². The van der Waals surface area contributed by atoms with Crippen LogP contribution in [0.25, 0.3) is 0 Å². The van der Waals surface area contributed by atoms with Crippen molar-refractivity contribution in [2.75, 3.05) is 26.2 Å². The van der Waals surface area contributed by atoms with Crippen LogP contribution >= 0.6 is 0 Å². The molecular formula is C27H24F2N4O2. The monoisotopic (exact) mass is 474 g/mol. The third-order valence-electron chi connectivity index (χ3n) is 5.99. The van der Waals surface area contributed by atoms with Gasteiger partial charge in [-0.3, -0.25) is 14.5 Å². The standard InChI is InChI=1S/C27H24F2N4O2/c28-23-14-22(15-24(29)16-23)27(35)33-12-10-32(11-13-33)25(21-8-6-19(17-30)7-9-21)26(34)31-18-20-4-2-1-3-5-20/h1-9,14-16,25H,10-13,18H2,(H,31,34)/t25-/m1/s1. The molecule has 0 saturated carbocycles. The highest BCUT2D eigenvalue weighted by atomic mass is 19.1. The van der Waals surface area contributed by atoms with Crippen LogP contribution in [0.15, 0.2) is 72.8 Å². The first-order chi connectivity index (χ1) is 16.9. The molecule has 3 aromatic rings. The lowest BCUT2D eigenvalue weighted by atomic mass is 10.0. The second-order valence-electron chi connectivity index (χ2n) is 8.33. The molecule has 4 rings (SSSR count). The number of nitrogens with zero attached hydrogens (tertiary/aromatic N) is 3. The van der Waals surface area contributed by atoms with Crippen molar-refractivity contribution < 1.29 is 18.4 Å². The molecule has 0 aromatic heterocycles. The molecule has 1 fully saturated rings. The number of hydrogen-bond acceptors (Lipinski definition) is 4. The highest BCUT2D eigenvalue weighted by Gasteiger charge is 2.32. The lowest BCUT2D eigenvalue weighted by Gasteiger charge is -2.39. The summed E-state index contributed by atoms with van der Waals surface area (Å²) in [6, 6.07) is 20.7. The van der Waals surface area contributed by atoms with Crippen LogP contribution in [-0.4, -0.2) is 47.8 Å². The summed E-state index contributed by atoms with van der Waals surface area (Å²) in [5.41, 5.74) is 2.16. The maximum Gasteiger partial charge on any atom is 0.254 e. The largest absolute Gasteiger partial charge is 0.350 e. The van der Waals surface area contributed by atoms with Gasteiger partial charge in [-0.25, -0.2) is 8.78 Å². The van der Waals surface area contributed by atoms with Crippen molar-refractivity contribution in [3.8, 4) is 6.07 Å². The van der Waals surface area contributed by atoms with Gasteiger partial charge in [0.15, 0.2) is 0 Å².